The molecule has 23 heavy (non-hydrogen) atoms. The van der Waals surface area contributed by atoms with Crippen LogP contribution in [0, 0.1) is 6.92 Å². The third-order valence-corrected chi connectivity index (χ3v) is 3.65. The maximum absolute atomic E-state index is 12.2. The molecular weight excluding hydrogens is 288 g/mol. The zero-order chi connectivity index (χ0) is 16.7. The van der Waals surface area contributed by atoms with Gasteiger partial charge in [0.25, 0.3) is 11.8 Å². The van der Waals surface area contributed by atoms with Gasteiger partial charge in [0.2, 0.25) is 0 Å². The lowest BCUT2D eigenvalue weighted by Crippen LogP contribution is -2.25. The smallest absolute Gasteiger partial charge is 0.251 e. The quantitative estimate of drug-likeness (QED) is 0.861. The molecule has 0 saturated carbocycles. The average molecular weight is 310 g/mol. The summed E-state index contributed by atoms with van der Waals surface area (Å²) in [5, 5.41) is 5.71. The van der Waals surface area contributed by atoms with Crippen molar-refractivity contribution in [1.82, 2.24) is 10.6 Å². The highest BCUT2D eigenvalue weighted by molar-refractivity contribution is 5.97. The Morgan fingerprint density at radius 1 is 0.870 bits per heavy atom. The number of aryl methyl sites for hydroxylation is 1. The van der Waals surface area contributed by atoms with Gasteiger partial charge in [0, 0.05) is 24.2 Å². The van der Waals surface area contributed by atoms with E-state index in [4.69, 9.17) is 0 Å². The molecule has 0 radical (unpaired) electrons. The number of carbonyl (C=O) groups excluding carboxylic acids is 2. The Morgan fingerprint density at radius 2 is 1.43 bits per heavy atom. The van der Waals surface area contributed by atoms with Gasteiger partial charge in [0.05, 0.1) is 0 Å². The minimum absolute atomic E-state index is 0.112. The van der Waals surface area contributed by atoms with E-state index in [1.54, 1.807) is 24.3 Å². The summed E-state index contributed by atoms with van der Waals surface area (Å²) in [5.41, 5.74) is 3.35. The monoisotopic (exact) mass is 310 g/mol. The Labute approximate surface area is 136 Å². The lowest BCUT2D eigenvalue weighted by Gasteiger charge is -2.08. The molecule has 0 bridgehead atoms. The Bertz CT molecular complexity index is 678. The van der Waals surface area contributed by atoms with Crippen LogP contribution in [-0.4, -0.2) is 18.4 Å². The molecule has 0 spiro atoms. The maximum atomic E-state index is 12.2. The molecule has 0 saturated heterocycles. The molecule has 0 unspecified atom stereocenters. The van der Waals surface area contributed by atoms with E-state index in [9.17, 15) is 9.59 Å². The van der Waals surface area contributed by atoms with Crippen molar-refractivity contribution in [2.24, 2.45) is 0 Å². The summed E-state index contributed by atoms with van der Waals surface area (Å²) >= 11 is 0. The van der Waals surface area contributed by atoms with Crippen molar-refractivity contribution in [3.8, 4) is 0 Å². The van der Waals surface area contributed by atoms with Crippen molar-refractivity contribution in [2.75, 3.05) is 6.54 Å². The van der Waals surface area contributed by atoms with E-state index in [0.717, 1.165) is 17.5 Å². The number of hydrogen-bond donors (Lipinski definition) is 2. The highest BCUT2D eigenvalue weighted by atomic mass is 16.2. The van der Waals surface area contributed by atoms with Gasteiger partial charge in [-0.05, 0) is 48.7 Å². The fourth-order valence-electron chi connectivity index (χ4n) is 2.20. The molecule has 4 heteroatoms. The zero-order valence-electron chi connectivity index (χ0n) is 13.6. The molecule has 2 aromatic rings. The lowest BCUT2D eigenvalue weighted by atomic mass is 10.1. The van der Waals surface area contributed by atoms with E-state index in [2.05, 4.69) is 10.6 Å². The molecule has 2 N–H and O–H groups in total. The first-order chi connectivity index (χ1) is 11.1. The molecule has 0 aliphatic rings. The van der Waals surface area contributed by atoms with Gasteiger partial charge in [-0.15, -0.1) is 0 Å². The second kappa shape index (κ2) is 8.13. The third-order valence-electron chi connectivity index (χ3n) is 3.65. The van der Waals surface area contributed by atoms with Crippen LogP contribution >= 0.6 is 0 Å². The molecule has 0 aliphatic heterocycles. The van der Waals surface area contributed by atoms with Gasteiger partial charge in [0.1, 0.15) is 0 Å². The number of benzene rings is 2. The molecule has 0 aliphatic carbocycles. The summed E-state index contributed by atoms with van der Waals surface area (Å²) in [4.78, 5) is 24.0. The normalized spacial score (nSPS) is 10.2. The van der Waals surface area contributed by atoms with Gasteiger partial charge < -0.3 is 10.6 Å². The average Bonchev–Trinajstić information content (AvgIpc) is 2.59. The standard InChI is InChI=1S/C19H22N2O2/c1-3-12-20-18(22)15-8-10-16(11-9-15)19(23)21-13-17-7-5-4-6-14(17)2/h4-11H,3,12-13H2,1-2H3,(H,20,22)(H,21,23). The minimum atomic E-state index is -0.145. The second-order valence-corrected chi connectivity index (χ2v) is 5.44. The van der Waals surface area contributed by atoms with E-state index < -0.39 is 0 Å². The van der Waals surface area contributed by atoms with E-state index in [1.165, 1.54) is 0 Å². The van der Waals surface area contributed by atoms with E-state index in [1.807, 2.05) is 38.1 Å². The van der Waals surface area contributed by atoms with E-state index >= 15 is 0 Å². The van der Waals surface area contributed by atoms with Crippen molar-refractivity contribution in [3.05, 3.63) is 70.8 Å². The predicted octanol–water partition coefficient (Wildman–Crippen LogP) is 3.06. The summed E-state index contributed by atoms with van der Waals surface area (Å²) in [5.74, 6) is -0.257. The second-order valence-electron chi connectivity index (χ2n) is 5.44. The molecule has 2 aromatic carbocycles. The number of rotatable bonds is 6. The predicted molar refractivity (Wildman–Crippen MR) is 91.4 cm³/mol. The maximum Gasteiger partial charge on any atom is 0.251 e. The fraction of sp³-hybridized carbons (Fsp3) is 0.263. The Morgan fingerprint density at radius 3 is 2.00 bits per heavy atom. The summed E-state index contributed by atoms with van der Waals surface area (Å²) in [6, 6.07) is 14.6. The van der Waals surface area contributed by atoms with Gasteiger partial charge in [-0.1, -0.05) is 31.2 Å². The summed E-state index contributed by atoms with van der Waals surface area (Å²) < 4.78 is 0. The summed E-state index contributed by atoms with van der Waals surface area (Å²) in [6.45, 7) is 5.16. The van der Waals surface area contributed by atoms with Crippen molar-refractivity contribution in [1.29, 1.82) is 0 Å². The van der Waals surface area contributed by atoms with Crippen LogP contribution in [0.5, 0.6) is 0 Å². The van der Waals surface area contributed by atoms with Crippen molar-refractivity contribution in [2.45, 2.75) is 26.8 Å². The Hall–Kier alpha value is -2.62. The molecule has 0 heterocycles. The lowest BCUT2D eigenvalue weighted by molar-refractivity contribution is 0.0940. The summed E-state index contributed by atoms with van der Waals surface area (Å²) in [7, 11) is 0. The van der Waals surface area contributed by atoms with Crippen LogP contribution in [0.4, 0.5) is 0 Å². The van der Waals surface area contributed by atoms with Crippen molar-refractivity contribution >= 4 is 11.8 Å². The first kappa shape index (κ1) is 16.7. The number of hydrogen-bond acceptors (Lipinski definition) is 2. The summed E-state index contributed by atoms with van der Waals surface area (Å²) in [6.07, 6.45) is 0.894. The topological polar surface area (TPSA) is 58.2 Å². The first-order valence-electron chi connectivity index (χ1n) is 7.82. The van der Waals surface area contributed by atoms with Crippen molar-refractivity contribution < 1.29 is 9.59 Å². The molecule has 0 atom stereocenters. The SMILES string of the molecule is CCCNC(=O)c1ccc(C(=O)NCc2ccccc2C)cc1. The molecule has 0 fully saturated rings. The largest absolute Gasteiger partial charge is 0.352 e. The van der Waals surface area contributed by atoms with Gasteiger partial charge in [0.15, 0.2) is 0 Å². The molecular formula is C19H22N2O2. The fourth-order valence-corrected chi connectivity index (χ4v) is 2.20. The first-order valence-corrected chi connectivity index (χ1v) is 7.82. The zero-order valence-corrected chi connectivity index (χ0v) is 13.6. The van der Waals surface area contributed by atoms with Crippen LogP contribution in [0.15, 0.2) is 48.5 Å². The Balaban J connectivity index is 1.95. The number of nitrogens with one attached hydrogen (secondary N) is 2. The van der Waals surface area contributed by atoms with Crippen LogP contribution in [0.3, 0.4) is 0 Å². The van der Waals surface area contributed by atoms with Crippen LogP contribution in [-0.2, 0) is 6.54 Å². The molecule has 4 nitrogen and oxygen atoms in total. The Kier molecular flexibility index (Phi) is 5.92. The molecule has 2 rings (SSSR count). The van der Waals surface area contributed by atoms with Gasteiger partial charge in [-0.3, -0.25) is 9.59 Å². The minimum Gasteiger partial charge on any atom is -0.352 e. The molecule has 0 aromatic heterocycles. The van der Waals surface area contributed by atoms with E-state index in [-0.39, 0.29) is 11.8 Å². The molecule has 2 amide bonds. The van der Waals surface area contributed by atoms with Gasteiger partial charge in [-0.2, -0.15) is 0 Å². The van der Waals surface area contributed by atoms with Crippen molar-refractivity contribution in [3.63, 3.8) is 0 Å². The van der Waals surface area contributed by atoms with Crippen LogP contribution in [0.1, 0.15) is 45.2 Å². The number of amides is 2. The highest BCUT2D eigenvalue weighted by Crippen LogP contribution is 2.08. The highest BCUT2D eigenvalue weighted by Gasteiger charge is 2.08. The van der Waals surface area contributed by atoms with Crippen LogP contribution < -0.4 is 10.6 Å². The van der Waals surface area contributed by atoms with Gasteiger partial charge >= 0.3 is 0 Å². The van der Waals surface area contributed by atoms with Gasteiger partial charge in [-0.25, -0.2) is 0 Å². The third kappa shape index (κ3) is 4.68. The van der Waals surface area contributed by atoms with Crippen LogP contribution in [0.25, 0.3) is 0 Å². The number of carbonyl (C=O) groups is 2. The van der Waals surface area contributed by atoms with E-state index in [0.29, 0.717) is 24.2 Å². The van der Waals surface area contributed by atoms with Crippen LogP contribution in [0.2, 0.25) is 0 Å². The molecule has 120 valence electrons.